The normalized spacial score (nSPS) is 10.2. The fourth-order valence-corrected chi connectivity index (χ4v) is 1.51. The minimum absolute atomic E-state index is 0.0219. The molecule has 2 amide bonds. The van der Waals surface area contributed by atoms with E-state index in [4.69, 9.17) is 9.84 Å². The summed E-state index contributed by atoms with van der Waals surface area (Å²) in [7, 11) is 4.80. The van der Waals surface area contributed by atoms with Gasteiger partial charge in [-0.1, -0.05) is 0 Å². The molecule has 0 rings (SSSR count). The lowest BCUT2D eigenvalue weighted by Gasteiger charge is -2.23. The second kappa shape index (κ2) is 10.2. The van der Waals surface area contributed by atoms with Crippen LogP contribution in [0.25, 0.3) is 0 Å². The largest absolute Gasteiger partial charge is 0.481 e. The Kier molecular flexibility index (Phi) is 9.36. The molecule has 0 radical (unpaired) electrons. The Labute approximate surface area is 119 Å². The number of rotatable bonds is 10. The predicted molar refractivity (Wildman–Crippen MR) is 73.3 cm³/mol. The first-order chi connectivity index (χ1) is 9.38. The minimum atomic E-state index is -0.864. The first-order valence-corrected chi connectivity index (χ1v) is 6.57. The number of carboxylic acid groups (broad SMARTS) is 1. The van der Waals surface area contributed by atoms with E-state index in [1.165, 1.54) is 16.9 Å². The molecule has 0 aromatic rings. The molecule has 20 heavy (non-hydrogen) atoms. The fourth-order valence-electron chi connectivity index (χ4n) is 1.51. The summed E-state index contributed by atoms with van der Waals surface area (Å²) in [5, 5.41) is 8.52. The lowest BCUT2D eigenvalue weighted by Crippen LogP contribution is -2.41. The van der Waals surface area contributed by atoms with Crippen molar-refractivity contribution in [2.24, 2.45) is 0 Å². The molecule has 116 valence electrons. The first kappa shape index (κ1) is 18.4. The van der Waals surface area contributed by atoms with E-state index < -0.39 is 5.97 Å². The zero-order valence-corrected chi connectivity index (χ0v) is 12.4. The van der Waals surface area contributed by atoms with E-state index in [0.717, 1.165) is 0 Å². The average molecular weight is 288 g/mol. The molecule has 0 unspecified atom stereocenters. The van der Waals surface area contributed by atoms with Gasteiger partial charge in [0.1, 0.15) is 0 Å². The van der Waals surface area contributed by atoms with Crippen molar-refractivity contribution < 1.29 is 24.2 Å². The van der Waals surface area contributed by atoms with Gasteiger partial charge in [-0.15, -0.1) is 0 Å². The highest BCUT2D eigenvalue weighted by Crippen LogP contribution is 2.04. The summed E-state index contributed by atoms with van der Waals surface area (Å²) in [6, 6.07) is 0. The lowest BCUT2D eigenvalue weighted by atomic mass is 10.2. The Hall–Kier alpha value is -1.63. The maximum atomic E-state index is 12.0. The smallest absolute Gasteiger partial charge is 0.303 e. The van der Waals surface area contributed by atoms with Crippen molar-refractivity contribution in [3.8, 4) is 0 Å². The summed E-state index contributed by atoms with van der Waals surface area (Å²) >= 11 is 0. The van der Waals surface area contributed by atoms with Gasteiger partial charge in [0.15, 0.2) is 0 Å². The summed E-state index contributed by atoms with van der Waals surface area (Å²) in [6.45, 7) is 0.740. The number of amides is 2. The third-order valence-corrected chi connectivity index (χ3v) is 2.77. The second-order valence-electron chi connectivity index (χ2n) is 4.70. The van der Waals surface area contributed by atoms with Crippen molar-refractivity contribution in [3.63, 3.8) is 0 Å². The summed E-state index contributed by atoms with van der Waals surface area (Å²) < 4.78 is 4.93. The quantitative estimate of drug-likeness (QED) is 0.580. The van der Waals surface area contributed by atoms with Crippen molar-refractivity contribution in [1.29, 1.82) is 0 Å². The van der Waals surface area contributed by atoms with E-state index in [0.29, 0.717) is 26.0 Å². The summed E-state index contributed by atoms with van der Waals surface area (Å²) in [5.41, 5.74) is 0. The van der Waals surface area contributed by atoms with Crippen LogP contribution < -0.4 is 0 Å². The van der Waals surface area contributed by atoms with Crippen molar-refractivity contribution >= 4 is 17.8 Å². The molecule has 0 aromatic carbocycles. The average Bonchev–Trinajstić information content (AvgIpc) is 2.38. The van der Waals surface area contributed by atoms with E-state index in [9.17, 15) is 14.4 Å². The zero-order chi connectivity index (χ0) is 15.5. The Balaban J connectivity index is 4.26. The molecule has 0 aliphatic carbocycles. The number of methoxy groups -OCH3 is 1. The summed E-state index contributed by atoms with van der Waals surface area (Å²) in [6.07, 6.45) is 1.27. The van der Waals surface area contributed by atoms with Gasteiger partial charge in [-0.2, -0.15) is 0 Å². The number of carbonyl (C=O) groups is 3. The molecule has 7 nitrogen and oxygen atoms in total. The van der Waals surface area contributed by atoms with Gasteiger partial charge >= 0.3 is 5.97 Å². The fraction of sp³-hybridized carbons (Fsp3) is 0.769. The van der Waals surface area contributed by atoms with E-state index in [-0.39, 0.29) is 31.2 Å². The van der Waals surface area contributed by atoms with Gasteiger partial charge in [0, 0.05) is 40.6 Å². The highest BCUT2D eigenvalue weighted by Gasteiger charge is 2.17. The number of nitrogens with zero attached hydrogens (tertiary/aromatic N) is 2. The van der Waals surface area contributed by atoms with Crippen LogP contribution in [0.1, 0.15) is 25.7 Å². The zero-order valence-electron chi connectivity index (χ0n) is 12.4. The van der Waals surface area contributed by atoms with Crippen LogP contribution in [-0.4, -0.2) is 73.6 Å². The van der Waals surface area contributed by atoms with Crippen molar-refractivity contribution in [2.75, 3.05) is 40.9 Å². The Morgan fingerprint density at radius 3 is 2.15 bits per heavy atom. The maximum absolute atomic E-state index is 12.0. The van der Waals surface area contributed by atoms with Crippen LogP contribution in [0.5, 0.6) is 0 Å². The molecule has 0 aliphatic rings. The van der Waals surface area contributed by atoms with Crippen molar-refractivity contribution in [1.82, 2.24) is 9.80 Å². The number of ether oxygens (including phenoxy) is 1. The van der Waals surface area contributed by atoms with Gasteiger partial charge in [-0.25, -0.2) is 0 Å². The number of likely N-dealkylation sites (N-methyl/N-ethyl adjacent to an activating group) is 1. The molecular formula is C13H24N2O5. The number of unbranched alkanes of at least 4 members (excludes halogenated alkanes) is 1. The third-order valence-electron chi connectivity index (χ3n) is 2.77. The molecule has 7 heteroatoms. The molecule has 0 saturated heterocycles. The summed E-state index contributed by atoms with van der Waals surface area (Å²) in [5.74, 6) is -1.17. The minimum Gasteiger partial charge on any atom is -0.481 e. The van der Waals surface area contributed by atoms with Crippen LogP contribution in [-0.2, 0) is 19.1 Å². The highest BCUT2D eigenvalue weighted by molar-refractivity contribution is 5.84. The molecule has 0 bridgehead atoms. The molecule has 0 aliphatic heterocycles. The van der Waals surface area contributed by atoms with Gasteiger partial charge < -0.3 is 19.6 Å². The lowest BCUT2D eigenvalue weighted by molar-refractivity contribution is -0.140. The van der Waals surface area contributed by atoms with Crippen molar-refractivity contribution in [2.45, 2.75) is 25.7 Å². The standard InChI is InChI=1S/C13H24N2O5/c1-14(2)12(17)10-15(8-9-20-3)11(16)6-4-5-7-13(18)19/h4-10H2,1-3H3,(H,18,19). The SMILES string of the molecule is COCCN(CC(=O)N(C)C)C(=O)CCCCC(=O)O. The number of hydrogen-bond donors (Lipinski definition) is 1. The Bertz CT molecular complexity index is 331. The van der Waals surface area contributed by atoms with Gasteiger partial charge in [-0.3, -0.25) is 14.4 Å². The van der Waals surface area contributed by atoms with Crippen LogP contribution in [0, 0.1) is 0 Å². The number of carbonyl (C=O) groups excluding carboxylic acids is 2. The molecule has 0 saturated carbocycles. The van der Waals surface area contributed by atoms with Crippen LogP contribution in [0.15, 0.2) is 0 Å². The molecule has 0 atom stereocenters. The molecular weight excluding hydrogens is 264 g/mol. The van der Waals surface area contributed by atoms with Crippen LogP contribution in [0.4, 0.5) is 0 Å². The van der Waals surface area contributed by atoms with Gasteiger partial charge in [0.25, 0.3) is 0 Å². The Morgan fingerprint density at radius 2 is 1.65 bits per heavy atom. The van der Waals surface area contributed by atoms with Crippen LogP contribution >= 0.6 is 0 Å². The molecule has 0 fully saturated rings. The third kappa shape index (κ3) is 8.47. The molecule has 0 heterocycles. The highest BCUT2D eigenvalue weighted by atomic mass is 16.5. The van der Waals surface area contributed by atoms with Gasteiger partial charge in [0.2, 0.25) is 11.8 Å². The molecule has 1 N–H and O–H groups in total. The van der Waals surface area contributed by atoms with Gasteiger partial charge in [0.05, 0.1) is 13.2 Å². The van der Waals surface area contributed by atoms with Crippen LogP contribution in [0.3, 0.4) is 0 Å². The first-order valence-electron chi connectivity index (χ1n) is 6.57. The van der Waals surface area contributed by atoms with E-state index in [2.05, 4.69) is 0 Å². The number of carboxylic acids is 1. The topological polar surface area (TPSA) is 87.2 Å². The Morgan fingerprint density at radius 1 is 1.05 bits per heavy atom. The monoisotopic (exact) mass is 288 g/mol. The number of aliphatic carboxylic acids is 1. The second-order valence-corrected chi connectivity index (χ2v) is 4.70. The van der Waals surface area contributed by atoms with Gasteiger partial charge in [-0.05, 0) is 12.8 Å². The van der Waals surface area contributed by atoms with E-state index in [1.807, 2.05) is 0 Å². The van der Waals surface area contributed by atoms with Crippen LogP contribution in [0.2, 0.25) is 0 Å². The van der Waals surface area contributed by atoms with E-state index >= 15 is 0 Å². The summed E-state index contributed by atoms with van der Waals surface area (Å²) in [4.78, 5) is 36.9. The van der Waals surface area contributed by atoms with Crippen molar-refractivity contribution in [3.05, 3.63) is 0 Å². The molecule has 0 aromatic heterocycles. The van der Waals surface area contributed by atoms with E-state index in [1.54, 1.807) is 14.1 Å². The molecule has 0 spiro atoms. The maximum Gasteiger partial charge on any atom is 0.303 e. The number of hydrogen-bond acceptors (Lipinski definition) is 4. The predicted octanol–water partition coefficient (Wildman–Crippen LogP) is 0.195.